The molecule has 0 aromatic rings. The summed E-state index contributed by atoms with van der Waals surface area (Å²) < 4.78 is 17.1. The van der Waals surface area contributed by atoms with Gasteiger partial charge < -0.3 is 14.2 Å². The third kappa shape index (κ3) is 13.5. The molecule has 170 valence electrons. The second kappa shape index (κ2) is 20.5. The van der Waals surface area contributed by atoms with E-state index in [2.05, 4.69) is 25.6 Å². The van der Waals surface area contributed by atoms with Crippen molar-refractivity contribution in [3.05, 3.63) is 0 Å². The maximum atomic E-state index is 5.69. The third-order valence-electron chi connectivity index (χ3n) is 5.74. The number of methoxy groups -OCH3 is 3. The highest BCUT2D eigenvalue weighted by Gasteiger charge is 2.39. The van der Waals surface area contributed by atoms with Crippen molar-refractivity contribution >= 4 is 11.8 Å². The Morgan fingerprint density at radius 1 is 0.571 bits per heavy atom. The van der Waals surface area contributed by atoms with Crippen molar-refractivity contribution in [3.8, 4) is 0 Å². The predicted octanol–water partition coefficient (Wildman–Crippen LogP) is 7.82. The summed E-state index contributed by atoms with van der Waals surface area (Å²) in [5.74, 6) is 1.95. The summed E-state index contributed by atoms with van der Waals surface area (Å²) in [7, 11) is 5.11. The van der Waals surface area contributed by atoms with Crippen LogP contribution < -0.4 is 0 Å². The molecule has 3 nitrogen and oxygen atoms in total. The number of hydrogen-bond donors (Lipinski definition) is 0. The summed E-state index contributed by atoms with van der Waals surface area (Å²) in [6.45, 7) is 4.55. The van der Waals surface area contributed by atoms with Gasteiger partial charge >= 0.3 is 0 Å². The first kappa shape index (κ1) is 28.2. The molecule has 0 N–H and O–H groups in total. The highest BCUT2D eigenvalue weighted by Crippen LogP contribution is 2.32. The van der Waals surface area contributed by atoms with Gasteiger partial charge in [0.15, 0.2) is 0 Å². The van der Waals surface area contributed by atoms with E-state index in [9.17, 15) is 0 Å². The largest absolute Gasteiger partial charge is 0.331 e. The van der Waals surface area contributed by atoms with Gasteiger partial charge in [-0.1, -0.05) is 84.5 Å². The van der Waals surface area contributed by atoms with Gasteiger partial charge in [-0.05, 0) is 37.2 Å². The summed E-state index contributed by atoms with van der Waals surface area (Å²) in [5, 5.41) is 0. The Balaban J connectivity index is 4.10. The van der Waals surface area contributed by atoms with Gasteiger partial charge in [0, 0.05) is 27.2 Å². The maximum absolute atomic E-state index is 5.69. The summed E-state index contributed by atoms with van der Waals surface area (Å²) in [6, 6.07) is 0. The standard InChI is InChI=1S/C24H50O3S/c1-6-8-10-12-14-16-19-23(24(25-3,26-4)27-5)20-18-22-28-21-17-15-13-11-9-7-2/h23H,6-22H2,1-5H3. The summed E-state index contributed by atoms with van der Waals surface area (Å²) in [6.07, 6.45) is 19.6. The molecule has 0 spiro atoms. The molecule has 1 atom stereocenters. The van der Waals surface area contributed by atoms with Gasteiger partial charge in [-0.3, -0.25) is 0 Å². The van der Waals surface area contributed by atoms with Crippen LogP contribution in [0.25, 0.3) is 0 Å². The van der Waals surface area contributed by atoms with Crippen LogP contribution in [0.3, 0.4) is 0 Å². The molecule has 0 amide bonds. The summed E-state index contributed by atoms with van der Waals surface area (Å²) in [5.41, 5.74) is 0. The lowest BCUT2D eigenvalue weighted by Crippen LogP contribution is -2.44. The minimum Gasteiger partial charge on any atom is -0.331 e. The average molecular weight is 419 g/mol. The van der Waals surface area contributed by atoms with Gasteiger partial charge in [0.2, 0.25) is 0 Å². The van der Waals surface area contributed by atoms with Crippen LogP contribution in [0, 0.1) is 5.92 Å². The molecule has 0 saturated heterocycles. The van der Waals surface area contributed by atoms with E-state index in [4.69, 9.17) is 14.2 Å². The van der Waals surface area contributed by atoms with Crippen LogP contribution in [0.5, 0.6) is 0 Å². The number of rotatable bonds is 22. The van der Waals surface area contributed by atoms with Crippen LogP contribution in [0.2, 0.25) is 0 Å². The van der Waals surface area contributed by atoms with Crippen molar-refractivity contribution in [2.75, 3.05) is 32.8 Å². The molecule has 0 aliphatic heterocycles. The van der Waals surface area contributed by atoms with Gasteiger partial charge in [-0.25, -0.2) is 0 Å². The molecule has 0 aromatic heterocycles. The summed E-state index contributed by atoms with van der Waals surface area (Å²) >= 11 is 2.11. The molecule has 4 heteroatoms. The van der Waals surface area contributed by atoms with Gasteiger partial charge in [0.25, 0.3) is 5.97 Å². The number of hydrogen-bond acceptors (Lipinski definition) is 4. The number of thioether (sulfide) groups is 1. The molecular weight excluding hydrogens is 368 g/mol. The quantitative estimate of drug-likeness (QED) is 0.132. The van der Waals surface area contributed by atoms with E-state index in [0.717, 1.165) is 12.8 Å². The highest BCUT2D eigenvalue weighted by molar-refractivity contribution is 7.99. The van der Waals surface area contributed by atoms with Crippen molar-refractivity contribution in [3.63, 3.8) is 0 Å². The zero-order chi connectivity index (χ0) is 20.9. The molecule has 0 bridgehead atoms. The van der Waals surface area contributed by atoms with Gasteiger partial charge in [-0.15, -0.1) is 0 Å². The SMILES string of the molecule is CCCCCCCCSCCCC(CCCCCCCC)C(OC)(OC)OC. The zero-order valence-corrected chi connectivity index (χ0v) is 20.5. The molecule has 0 saturated carbocycles. The molecule has 0 radical (unpaired) electrons. The molecule has 0 fully saturated rings. The topological polar surface area (TPSA) is 27.7 Å². The number of unbranched alkanes of at least 4 members (excludes halogenated alkanes) is 10. The second-order valence-electron chi connectivity index (χ2n) is 7.99. The molecule has 0 heterocycles. The Labute approximate surface area is 181 Å². The fourth-order valence-corrected chi connectivity index (χ4v) is 4.92. The first-order valence-electron chi connectivity index (χ1n) is 11.9. The van der Waals surface area contributed by atoms with E-state index in [1.54, 1.807) is 21.3 Å². The normalized spacial score (nSPS) is 13.2. The van der Waals surface area contributed by atoms with Crippen molar-refractivity contribution in [1.82, 2.24) is 0 Å². The first-order valence-corrected chi connectivity index (χ1v) is 13.1. The third-order valence-corrected chi connectivity index (χ3v) is 6.90. The molecule has 0 aromatic carbocycles. The van der Waals surface area contributed by atoms with Crippen LogP contribution in [0.1, 0.15) is 110 Å². The van der Waals surface area contributed by atoms with Crippen LogP contribution in [-0.2, 0) is 14.2 Å². The van der Waals surface area contributed by atoms with E-state index in [1.165, 1.54) is 95.0 Å². The molecule has 0 aliphatic rings. The highest BCUT2D eigenvalue weighted by atomic mass is 32.2. The predicted molar refractivity (Wildman–Crippen MR) is 125 cm³/mol. The first-order chi connectivity index (χ1) is 13.7. The molecule has 28 heavy (non-hydrogen) atoms. The maximum Gasteiger partial charge on any atom is 0.285 e. The molecule has 0 aliphatic carbocycles. The van der Waals surface area contributed by atoms with Gasteiger partial charge in [-0.2, -0.15) is 11.8 Å². The molecular formula is C24H50O3S. The monoisotopic (exact) mass is 418 g/mol. The lowest BCUT2D eigenvalue weighted by Gasteiger charge is -2.36. The molecule has 1 unspecified atom stereocenters. The van der Waals surface area contributed by atoms with Crippen LogP contribution in [0.4, 0.5) is 0 Å². The van der Waals surface area contributed by atoms with Crippen molar-refractivity contribution in [1.29, 1.82) is 0 Å². The van der Waals surface area contributed by atoms with E-state index in [-0.39, 0.29) is 0 Å². The Hall–Kier alpha value is 0.230. The Kier molecular flexibility index (Phi) is 20.7. The van der Waals surface area contributed by atoms with Crippen LogP contribution in [0.15, 0.2) is 0 Å². The Bertz CT molecular complexity index is 300. The van der Waals surface area contributed by atoms with Crippen molar-refractivity contribution in [2.45, 2.75) is 116 Å². The minimum atomic E-state index is -0.882. The minimum absolute atomic E-state index is 0.299. The van der Waals surface area contributed by atoms with E-state index in [1.807, 2.05) is 0 Å². The van der Waals surface area contributed by atoms with E-state index >= 15 is 0 Å². The lowest BCUT2D eigenvalue weighted by molar-refractivity contribution is -0.380. The summed E-state index contributed by atoms with van der Waals surface area (Å²) in [4.78, 5) is 0. The average Bonchev–Trinajstić information content (AvgIpc) is 2.72. The number of ether oxygens (including phenoxy) is 3. The van der Waals surface area contributed by atoms with E-state index < -0.39 is 5.97 Å². The fraction of sp³-hybridized carbons (Fsp3) is 1.00. The van der Waals surface area contributed by atoms with Crippen molar-refractivity contribution < 1.29 is 14.2 Å². The van der Waals surface area contributed by atoms with E-state index in [0.29, 0.717) is 5.92 Å². The fourth-order valence-electron chi connectivity index (χ4n) is 3.94. The Morgan fingerprint density at radius 2 is 1.00 bits per heavy atom. The van der Waals surface area contributed by atoms with Gasteiger partial charge in [0.05, 0.1) is 0 Å². The second-order valence-corrected chi connectivity index (χ2v) is 9.22. The van der Waals surface area contributed by atoms with Crippen LogP contribution >= 0.6 is 11.8 Å². The lowest BCUT2D eigenvalue weighted by atomic mass is 9.93. The Morgan fingerprint density at radius 3 is 1.54 bits per heavy atom. The van der Waals surface area contributed by atoms with Crippen LogP contribution in [-0.4, -0.2) is 38.8 Å². The molecule has 0 rings (SSSR count). The van der Waals surface area contributed by atoms with Crippen molar-refractivity contribution in [2.24, 2.45) is 5.92 Å². The zero-order valence-electron chi connectivity index (χ0n) is 19.7. The van der Waals surface area contributed by atoms with Gasteiger partial charge in [0.1, 0.15) is 0 Å². The smallest absolute Gasteiger partial charge is 0.285 e.